The van der Waals surface area contributed by atoms with E-state index in [9.17, 15) is 18.8 Å². The van der Waals surface area contributed by atoms with Crippen molar-refractivity contribution in [2.24, 2.45) is 0 Å². The van der Waals surface area contributed by atoms with Gasteiger partial charge in [0.1, 0.15) is 11.9 Å². The van der Waals surface area contributed by atoms with Gasteiger partial charge in [0.2, 0.25) is 5.91 Å². The van der Waals surface area contributed by atoms with Crippen molar-refractivity contribution in [3.05, 3.63) is 148 Å². The number of rotatable bonds is 9. The smallest absolute Gasteiger partial charge is 0.281 e. The fraction of sp³-hybridized carbons (Fsp3) is 0.175. The maximum absolute atomic E-state index is 13.7. The Hall–Kier alpha value is -5.74. The lowest BCUT2D eigenvalue weighted by Crippen LogP contribution is -2.41. The minimum Gasteiger partial charge on any atom is -0.339 e. The number of thiazole rings is 1. The molecule has 1 atom stereocenters. The lowest BCUT2D eigenvalue weighted by molar-refractivity contribution is -0.132. The molecule has 6 aromatic rings. The van der Waals surface area contributed by atoms with E-state index in [1.807, 2.05) is 18.2 Å². The molecule has 4 aromatic carbocycles. The van der Waals surface area contributed by atoms with Gasteiger partial charge in [0.25, 0.3) is 11.8 Å². The number of amides is 3. The third-order valence-electron chi connectivity index (χ3n) is 8.28. The predicted molar refractivity (Wildman–Crippen MR) is 195 cm³/mol. The van der Waals surface area contributed by atoms with Crippen LogP contribution in [0.2, 0.25) is 0 Å². The summed E-state index contributed by atoms with van der Waals surface area (Å²) in [7, 11) is 1.64. The summed E-state index contributed by atoms with van der Waals surface area (Å²) in [5, 5.41) is 6.01. The number of carbonyl (C=O) groups excluding carboxylic acids is 3. The summed E-state index contributed by atoms with van der Waals surface area (Å²) in [6, 6.07) is 30.7. The average Bonchev–Trinajstić information content (AvgIpc) is 3.55. The molecule has 0 radical (unpaired) electrons. The lowest BCUT2D eigenvalue weighted by atomic mass is 9.86. The molecule has 10 heteroatoms. The summed E-state index contributed by atoms with van der Waals surface area (Å²) >= 11 is 1.16. The number of nitrogens with zero attached hydrogens (tertiary/aromatic N) is 3. The molecule has 0 saturated heterocycles. The Morgan fingerprint density at radius 2 is 1.58 bits per heavy atom. The van der Waals surface area contributed by atoms with Crippen molar-refractivity contribution in [2.45, 2.75) is 38.8 Å². The van der Waals surface area contributed by atoms with Crippen LogP contribution in [0.5, 0.6) is 0 Å². The molecule has 0 aliphatic rings. The predicted octanol–water partition coefficient (Wildman–Crippen LogP) is 8.18. The van der Waals surface area contributed by atoms with Gasteiger partial charge in [-0.3, -0.25) is 19.4 Å². The number of anilines is 1. The molecule has 2 aromatic heterocycles. The number of pyridine rings is 1. The largest absolute Gasteiger partial charge is 0.339 e. The molecule has 252 valence electrons. The summed E-state index contributed by atoms with van der Waals surface area (Å²) in [5.74, 6) is -1.52. The lowest BCUT2D eigenvalue weighted by Gasteiger charge is -2.25. The molecular weight excluding hydrogens is 650 g/mol. The monoisotopic (exact) mass is 685 g/mol. The minimum absolute atomic E-state index is 0.00262. The molecule has 0 aliphatic carbocycles. The van der Waals surface area contributed by atoms with Gasteiger partial charge in [-0.25, -0.2) is 9.37 Å². The topological polar surface area (TPSA) is 104 Å². The highest BCUT2D eigenvalue weighted by Crippen LogP contribution is 2.29. The van der Waals surface area contributed by atoms with Crippen molar-refractivity contribution >= 4 is 45.0 Å². The van der Waals surface area contributed by atoms with Gasteiger partial charge < -0.3 is 15.5 Å². The first-order valence-electron chi connectivity index (χ1n) is 16.1. The number of nitrogens with one attached hydrogen (secondary N) is 2. The zero-order valence-electron chi connectivity index (χ0n) is 28.1. The molecule has 0 unspecified atom stereocenters. The molecule has 3 amide bonds. The molecule has 8 nitrogen and oxygen atoms in total. The van der Waals surface area contributed by atoms with Crippen LogP contribution in [-0.4, -0.2) is 39.6 Å². The molecule has 50 heavy (non-hydrogen) atoms. The van der Waals surface area contributed by atoms with Crippen LogP contribution in [-0.2, 0) is 16.8 Å². The zero-order chi connectivity index (χ0) is 35.4. The van der Waals surface area contributed by atoms with Crippen molar-refractivity contribution in [2.75, 3.05) is 12.4 Å². The summed E-state index contributed by atoms with van der Waals surface area (Å²) in [6.07, 6.45) is 1.67. The quantitative estimate of drug-likeness (QED) is 0.160. The van der Waals surface area contributed by atoms with Crippen molar-refractivity contribution in [3.63, 3.8) is 0 Å². The Labute approximate surface area is 294 Å². The fourth-order valence-electron chi connectivity index (χ4n) is 5.53. The van der Waals surface area contributed by atoms with Crippen LogP contribution in [0.3, 0.4) is 0 Å². The Bertz CT molecular complexity index is 2160. The number of halogens is 1. The molecule has 0 aliphatic heterocycles. The van der Waals surface area contributed by atoms with E-state index in [1.54, 1.807) is 80.0 Å². The molecule has 2 heterocycles. The zero-order valence-corrected chi connectivity index (χ0v) is 28.9. The van der Waals surface area contributed by atoms with Crippen molar-refractivity contribution in [1.29, 1.82) is 0 Å². The van der Waals surface area contributed by atoms with Gasteiger partial charge in [0, 0.05) is 31.0 Å². The highest BCUT2D eigenvalue weighted by molar-refractivity contribution is 7.20. The number of aromatic nitrogens is 2. The van der Waals surface area contributed by atoms with E-state index in [1.165, 1.54) is 22.6 Å². The van der Waals surface area contributed by atoms with Gasteiger partial charge in [0.05, 0.1) is 21.5 Å². The second kappa shape index (κ2) is 14.4. The van der Waals surface area contributed by atoms with Crippen LogP contribution in [0.1, 0.15) is 63.7 Å². The van der Waals surface area contributed by atoms with E-state index in [-0.39, 0.29) is 34.6 Å². The van der Waals surface area contributed by atoms with E-state index in [2.05, 4.69) is 53.5 Å². The summed E-state index contributed by atoms with van der Waals surface area (Å²) in [5.41, 5.74) is 5.52. The van der Waals surface area contributed by atoms with Crippen molar-refractivity contribution < 1.29 is 18.8 Å². The standard InChI is InChI=1S/C40H36FN5O3S/c1-40(2,3)28-16-14-27(15-17-28)34-31(11-8-22-42-34)36(47)43-30-20-21-32-33(23-30)50-38(44-32)37(48)45-35(26-9-6-5-7-10-26)39(49)46(4)24-25-12-18-29(41)19-13-25/h5-23,35H,24H2,1-4H3,(H,43,47)(H,45,48)/t35-/m0/s1. The minimum atomic E-state index is -0.977. The van der Waals surface area contributed by atoms with Crippen LogP contribution in [0.15, 0.2) is 115 Å². The van der Waals surface area contributed by atoms with Crippen LogP contribution in [0, 0.1) is 5.82 Å². The van der Waals surface area contributed by atoms with E-state index in [4.69, 9.17) is 0 Å². The van der Waals surface area contributed by atoms with Crippen molar-refractivity contribution in [1.82, 2.24) is 20.2 Å². The number of likely N-dealkylation sites (N-methyl/N-ethyl adjacent to an activating group) is 1. The Kier molecular flexibility index (Phi) is 9.83. The number of fused-ring (bicyclic) bond motifs is 1. The van der Waals surface area contributed by atoms with E-state index in [0.29, 0.717) is 32.7 Å². The Balaban J connectivity index is 1.19. The first kappa shape index (κ1) is 34.1. The van der Waals surface area contributed by atoms with Gasteiger partial charge in [-0.1, -0.05) is 87.5 Å². The molecular formula is C40H36FN5O3S. The number of hydrogen-bond acceptors (Lipinski definition) is 6. The van der Waals surface area contributed by atoms with Gasteiger partial charge in [-0.05, 0) is 64.6 Å². The fourth-order valence-corrected chi connectivity index (χ4v) is 6.44. The first-order chi connectivity index (χ1) is 24.0. The highest BCUT2D eigenvalue weighted by atomic mass is 32.1. The van der Waals surface area contributed by atoms with Crippen molar-refractivity contribution in [3.8, 4) is 11.3 Å². The maximum atomic E-state index is 13.7. The summed E-state index contributed by atoms with van der Waals surface area (Å²) < 4.78 is 14.1. The first-order valence-corrected chi connectivity index (χ1v) is 16.9. The molecule has 0 spiro atoms. The Morgan fingerprint density at radius 1 is 0.860 bits per heavy atom. The molecule has 6 rings (SSSR count). The van der Waals surface area contributed by atoms with Crippen LogP contribution in [0.25, 0.3) is 21.5 Å². The van der Waals surface area contributed by atoms with Crippen LogP contribution >= 0.6 is 11.3 Å². The number of benzene rings is 4. The highest BCUT2D eigenvalue weighted by Gasteiger charge is 2.28. The van der Waals surface area contributed by atoms with Gasteiger partial charge in [0.15, 0.2) is 5.01 Å². The molecule has 0 bridgehead atoms. The number of carbonyl (C=O) groups is 3. The van der Waals surface area contributed by atoms with E-state index < -0.39 is 11.9 Å². The van der Waals surface area contributed by atoms with Crippen LogP contribution in [0.4, 0.5) is 10.1 Å². The van der Waals surface area contributed by atoms with Crippen LogP contribution < -0.4 is 10.6 Å². The summed E-state index contributed by atoms with van der Waals surface area (Å²) in [6.45, 7) is 6.69. The second-order valence-corrected chi connectivity index (χ2v) is 14.1. The summed E-state index contributed by atoms with van der Waals surface area (Å²) in [4.78, 5) is 51.3. The number of hydrogen-bond donors (Lipinski definition) is 2. The second-order valence-electron chi connectivity index (χ2n) is 13.0. The Morgan fingerprint density at radius 3 is 2.28 bits per heavy atom. The molecule has 0 saturated carbocycles. The SMILES string of the molecule is CN(Cc1ccc(F)cc1)C(=O)[C@@H](NC(=O)c1nc2ccc(NC(=O)c3cccnc3-c3ccc(C(C)(C)C)cc3)cc2s1)c1ccccc1. The van der Waals surface area contributed by atoms with Gasteiger partial charge >= 0.3 is 0 Å². The van der Waals surface area contributed by atoms with Gasteiger partial charge in [-0.15, -0.1) is 11.3 Å². The van der Waals surface area contributed by atoms with Gasteiger partial charge in [-0.2, -0.15) is 0 Å². The molecule has 0 fully saturated rings. The normalized spacial score (nSPS) is 11.9. The van der Waals surface area contributed by atoms with E-state index >= 15 is 0 Å². The average molecular weight is 686 g/mol. The van der Waals surface area contributed by atoms with E-state index in [0.717, 1.165) is 22.5 Å². The molecule has 2 N–H and O–H groups in total. The maximum Gasteiger partial charge on any atom is 0.281 e. The third kappa shape index (κ3) is 7.76. The third-order valence-corrected chi connectivity index (χ3v) is 9.30.